The van der Waals surface area contributed by atoms with E-state index in [1.165, 1.54) is 0 Å². The highest BCUT2D eigenvalue weighted by Gasteiger charge is 2.23. The van der Waals surface area contributed by atoms with Crippen LogP contribution in [0.3, 0.4) is 0 Å². The average Bonchev–Trinajstić information content (AvgIpc) is 3.19. The van der Waals surface area contributed by atoms with Gasteiger partial charge in [0.25, 0.3) is 0 Å². The second-order valence-corrected chi connectivity index (χ2v) is 10.3. The zero-order valence-corrected chi connectivity index (χ0v) is 23.1. The minimum atomic E-state index is -0.108. The van der Waals surface area contributed by atoms with Crippen molar-refractivity contribution in [3.63, 3.8) is 0 Å². The number of fused-ring (bicyclic) bond motifs is 1. The first kappa shape index (κ1) is 24.8. The van der Waals surface area contributed by atoms with Crippen molar-refractivity contribution in [1.82, 2.24) is 0 Å². The number of aryl methyl sites for hydroxylation is 1. The Morgan fingerprint density at radius 1 is 1.00 bits per heavy atom. The molecule has 1 heterocycles. The highest BCUT2D eigenvalue weighted by Crippen LogP contribution is 2.35. The van der Waals surface area contributed by atoms with E-state index in [1.54, 1.807) is 12.1 Å². The third-order valence-electron chi connectivity index (χ3n) is 5.58. The fourth-order valence-electron chi connectivity index (χ4n) is 3.82. The zero-order valence-electron chi connectivity index (χ0n) is 18.7. The number of hydrogen-bond donors (Lipinski definition) is 1. The van der Waals surface area contributed by atoms with Crippen molar-refractivity contribution in [3.05, 3.63) is 96.8 Å². The lowest BCUT2D eigenvalue weighted by atomic mass is 9.98. The smallest absolute Gasteiger partial charge is 0.197 e. The predicted octanol–water partition coefficient (Wildman–Crippen LogP) is 8.36. The van der Waals surface area contributed by atoms with Crippen LogP contribution < -0.4 is 4.74 Å². The molecule has 0 radical (unpaired) electrons. The van der Waals surface area contributed by atoms with Crippen molar-refractivity contribution in [1.29, 1.82) is 0 Å². The van der Waals surface area contributed by atoms with Crippen LogP contribution in [0.2, 0.25) is 0 Å². The fourth-order valence-corrected chi connectivity index (χ4v) is 5.59. The number of unbranched alkanes of at least 4 members (excludes halogenated alkanes) is 2. The van der Waals surface area contributed by atoms with E-state index < -0.39 is 0 Å². The van der Waals surface area contributed by atoms with Crippen molar-refractivity contribution < 1.29 is 19.1 Å². The molecule has 0 aliphatic heterocycles. The summed E-state index contributed by atoms with van der Waals surface area (Å²) in [6.07, 6.45) is 3.76. The molecule has 0 unspecified atom stereocenters. The molecule has 0 spiro atoms. The van der Waals surface area contributed by atoms with Gasteiger partial charge in [-0.3, -0.25) is 4.79 Å². The molecule has 0 aliphatic carbocycles. The van der Waals surface area contributed by atoms with Gasteiger partial charge in [0.1, 0.15) is 28.6 Å². The number of benzene rings is 3. The lowest BCUT2D eigenvalue weighted by Gasteiger charge is -2.09. The molecule has 0 saturated heterocycles. The van der Waals surface area contributed by atoms with Crippen LogP contribution in [-0.4, -0.2) is 10.9 Å². The summed E-state index contributed by atoms with van der Waals surface area (Å²) in [5.74, 6) is 1.91. The van der Waals surface area contributed by atoms with E-state index in [0.717, 1.165) is 30.2 Å². The molecule has 1 N–H and O–H groups in total. The lowest BCUT2D eigenvalue weighted by Crippen LogP contribution is -2.05. The van der Waals surface area contributed by atoms with Gasteiger partial charge in [-0.1, -0.05) is 56.7 Å². The van der Waals surface area contributed by atoms with Gasteiger partial charge in [-0.25, -0.2) is 0 Å². The van der Waals surface area contributed by atoms with Gasteiger partial charge in [0.2, 0.25) is 0 Å². The second-order valence-electron chi connectivity index (χ2n) is 8.02. The Bertz CT molecular complexity index is 1330. The van der Waals surface area contributed by atoms with Crippen LogP contribution in [-0.2, 0) is 6.42 Å². The number of aromatic hydroxyl groups is 1. The van der Waals surface area contributed by atoms with Crippen LogP contribution in [0.25, 0.3) is 16.7 Å². The molecule has 0 amide bonds. The number of halogens is 2. The van der Waals surface area contributed by atoms with Crippen molar-refractivity contribution in [2.24, 2.45) is 0 Å². The summed E-state index contributed by atoms with van der Waals surface area (Å²) < 4.78 is 13.5. The number of phenolic OH excluding ortho intramolecular Hbond substituents is 1. The highest BCUT2D eigenvalue weighted by molar-refractivity contribution is 14.1. The number of ether oxygens (including phenoxy) is 1. The van der Waals surface area contributed by atoms with Gasteiger partial charge >= 0.3 is 0 Å². The molecule has 0 fully saturated rings. The van der Waals surface area contributed by atoms with E-state index in [0.29, 0.717) is 47.5 Å². The number of carbonyl (C=O) groups is 1. The molecule has 4 nitrogen and oxygen atoms in total. The highest BCUT2D eigenvalue weighted by atomic mass is 127. The van der Waals surface area contributed by atoms with E-state index in [1.807, 2.05) is 93.7 Å². The van der Waals surface area contributed by atoms with Crippen molar-refractivity contribution in [2.45, 2.75) is 32.6 Å². The molecule has 34 heavy (non-hydrogen) atoms. The quantitative estimate of drug-likeness (QED) is 0.0837. The van der Waals surface area contributed by atoms with E-state index in [4.69, 9.17) is 9.15 Å². The van der Waals surface area contributed by atoms with E-state index >= 15 is 0 Å². The molecular formula is C28H24I2O4. The Morgan fingerprint density at radius 3 is 2.38 bits per heavy atom. The van der Waals surface area contributed by atoms with Gasteiger partial charge in [0, 0.05) is 29.0 Å². The van der Waals surface area contributed by atoms with Crippen molar-refractivity contribution in [2.75, 3.05) is 0 Å². The monoisotopic (exact) mass is 678 g/mol. The Morgan fingerprint density at radius 2 is 1.71 bits per heavy atom. The first-order chi connectivity index (χ1) is 16.4. The van der Waals surface area contributed by atoms with Crippen LogP contribution in [0.5, 0.6) is 11.5 Å². The van der Waals surface area contributed by atoms with Crippen LogP contribution in [0, 0.1) is 7.14 Å². The molecule has 0 bridgehead atoms. The van der Waals surface area contributed by atoms with Gasteiger partial charge in [0.15, 0.2) is 5.78 Å². The Labute approximate surface area is 226 Å². The maximum Gasteiger partial charge on any atom is 0.197 e. The Hall–Kier alpha value is -2.33. The number of phenols is 1. The van der Waals surface area contributed by atoms with Gasteiger partial charge in [-0.15, -0.1) is 0 Å². The molecule has 3 aromatic carbocycles. The number of ketones is 1. The first-order valence-corrected chi connectivity index (χ1v) is 13.2. The fraction of sp³-hybridized carbons (Fsp3) is 0.179. The molecule has 0 atom stereocenters. The molecule has 4 aromatic rings. The van der Waals surface area contributed by atoms with Crippen LogP contribution >= 0.6 is 45.2 Å². The van der Waals surface area contributed by atoms with E-state index in [9.17, 15) is 9.90 Å². The third-order valence-corrected chi connectivity index (χ3v) is 7.23. The van der Waals surface area contributed by atoms with Crippen molar-refractivity contribution in [3.8, 4) is 11.5 Å². The summed E-state index contributed by atoms with van der Waals surface area (Å²) in [6, 6.07) is 18.7. The zero-order chi connectivity index (χ0) is 24.2. The maximum atomic E-state index is 13.6. The largest absolute Gasteiger partial charge is 0.506 e. The van der Waals surface area contributed by atoms with Gasteiger partial charge in [0.05, 0.1) is 12.7 Å². The number of hydrogen-bond acceptors (Lipinski definition) is 4. The molecule has 174 valence electrons. The van der Waals surface area contributed by atoms with Crippen molar-refractivity contribution >= 4 is 67.7 Å². The standard InChI is InChI=1S/C28H24I2O4/c1-3-4-6-11-24-26(27(31)19-14-22(29)28(32)23(30)15-19)21-13-12-20(16-25(21)34-24)33-17(2)18-9-7-5-8-10-18/h5,7-10,12-16,32H,2-4,6,11H2,1H3. The number of carbonyl (C=O) groups excluding carboxylic acids is 1. The second kappa shape index (κ2) is 10.9. The number of furan rings is 1. The summed E-state index contributed by atoms with van der Waals surface area (Å²) in [6.45, 7) is 6.18. The van der Waals surface area contributed by atoms with E-state index in [-0.39, 0.29) is 11.5 Å². The third kappa shape index (κ3) is 5.33. The Balaban J connectivity index is 1.73. The molecule has 1 aromatic heterocycles. The Kier molecular flexibility index (Phi) is 7.98. The summed E-state index contributed by atoms with van der Waals surface area (Å²) in [5, 5.41) is 10.9. The lowest BCUT2D eigenvalue weighted by molar-refractivity contribution is 0.103. The summed E-state index contributed by atoms with van der Waals surface area (Å²) in [7, 11) is 0. The van der Waals surface area contributed by atoms with E-state index in [2.05, 4.69) is 13.5 Å². The summed E-state index contributed by atoms with van der Waals surface area (Å²) in [4.78, 5) is 13.6. The summed E-state index contributed by atoms with van der Waals surface area (Å²) in [5.41, 5.74) is 2.62. The van der Waals surface area contributed by atoms with Crippen LogP contribution in [0.15, 0.2) is 71.7 Å². The SMILES string of the molecule is C=C(Oc1ccc2c(C(=O)c3cc(I)c(O)c(I)c3)c(CCCCC)oc2c1)c1ccccc1. The predicted molar refractivity (Wildman–Crippen MR) is 153 cm³/mol. The average molecular weight is 678 g/mol. The molecular weight excluding hydrogens is 654 g/mol. The van der Waals surface area contributed by atoms with Crippen LogP contribution in [0.1, 0.15) is 53.4 Å². The maximum absolute atomic E-state index is 13.6. The molecule has 0 saturated carbocycles. The summed E-state index contributed by atoms with van der Waals surface area (Å²) >= 11 is 4.09. The van der Waals surface area contributed by atoms with Gasteiger partial charge < -0.3 is 14.3 Å². The minimum Gasteiger partial charge on any atom is -0.506 e. The molecule has 6 heteroatoms. The first-order valence-electron chi connectivity index (χ1n) is 11.1. The normalized spacial score (nSPS) is 11.0. The minimum absolute atomic E-state index is 0.108. The molecule has 0 aliphatic rings. The van der Waals surface area contributed by atoms with Gasteiger partial charge in [-0.2, -0.15) is 0 Å². The molecule has 4 rings (SSSR count). The van der Waals surface area contributed by atoms with Crippen LogP contribution in [0.4, 0.5) is 0 Å². The topological polar surface area (TPSA) is 59.7 Å². The van der Waals surface area contributed by atoms with Gasteiger partial charge in [-0.05, 0) is 75.9 Å². The number of rotatable bonds is 9.